The molecule has 8 nitrogen and oxygen atoms in total. The number of nitrogens with zero attached hydrogens (tertiary/aromatic N) is 1. The van der Waals surface area contributed by atoms with E-state index in [0.29, 0.717) is 28.0 Å². The predicted molar refractivity (Wildman–Crippen MR) is 105 cm³/mol. The maximum atomic E-state index is 12.4. The zero-order valence-electron chi connectivity index (χ0n) is 15.9. The minimum atomic E-state index is -1.20. The molecule has 0 radical (unpaired) electrons. The number of amides is 1. The van der Waals surface area contributed by atoms with E-state index in [4.69, 9.17) is 14.6 Å². The van der Waals surface area contributed by atoms with Crippen LogP contribution in [0.5, 0.6) is 17.2 Å². The molecule has 8 heteroatoms. The summed E-state index contributed by atoms with van der Waals surface area (Å²) in [7, 11) is 1.48. The van der Waals surface area contributed by atoms with E-state index in [0.717, 1.165) is 0 Å². The van der Waals surface area contributed by atoms with E-state index in [9.17, 15) is 14.7 Å². The first-order valence-corrected chi connectivity index (χ1v) is 8.81. The van der Waals surface area contributed by atoms with Crippen molar-refractivity contribution in [2.24, 2.45) is 0 Å². The maximum Gasteiger partial charge on any atom is 0.325 e. The average Bonchev–Trinajstić information content (AvgIpc) is 2.70. The second kappa shape index (κ2) is 8.57. The number of methoxy groups -OCH3 is 1. The molecule has 2 aromatic carbocycles. The number of nitrogens with one attached hydrogen (secondary N) is 1. The van der Waals surface area contributed by atoms with Gasteiger partial charge in [0.1, 0.15) is 17.5 Å². The zero-order valence-corrected chi connectivity index (χ0v) is 15.9. The molecule has 1 atom stereocenters. The van der Waals surface area contributed by atoms with E-state index in [-0.39, 0.29) is 18.1 Å². The number of ether oxygens (including phenoxy) is 2. The number of carbonyl (C=O) groups excluding carboxylic acids is 1. The Labute approximate surface area is 166 Å². The number of benzene rings is 2. The number of hydrogen-bond acceptors (Lipinski definition) is 6. The van der Waals surface area contributed by atoms with Gasteiger partial charge in [0.2, 0.25) is 0 Å². The predicted octanol–water partition coefficient (Wildman–Crippen LogP) is 3.08. The molecule has 0 unspecified atom stereocenters. The summed E-state index contributed by atoms with van der Waals surface area (Å²) in [6.07, 6.45) is 0. The summed E-state index contributed by atoms with van der Waals surface area (Å²) in [6, 6.07) is 13.0. The first kappa shape index (κ1) is 20.1. The summed E-state index contributed by atoms with van der Waals surface area (Å²) >= 11 is 0. The van der Waals surface area contributed by atoms with Crippen LogP contribution in [0.1, 0.15) is 23.1 Å². The van der Waals surface area contributed by atoms with E-state index in [1.807, 2.05) is 30.3 Å². The lowest BCUT2D eigenvalue weighted by atomic mass is 10.1. The van der Waals surface area contributed by atoms with Crippen LogP contribution >= 0.6 is 0 Å². The van der Waals surface area contributed by atoms with Gasteiger partial charge in [0.15, 0.2) is 11.4 Å². The fraction of sp³-hybridized carbons (Fsp3) is 0.190. The number of pyridine rings is 1. The lowest BCUT2D eigenvalue weighted by molar-refractivity contribution is -0.138. The van der Waals surface area contributed by atoms with Gasteiger partial charge in [-0.15, -0.1) is 0 Å². The van der Waals surface area contributed by atoms with Crippen molar-refractivity contribution in [3.8, 4) is 17.2 Å². The summed E-state index contributed by atoms with van der Waals surface area (Å²) in [6.45, 7) is 1.40. The van der Waals surface area contributed by atoms with E-state index in [1.54, 1.807) is 18.2 Å². The molecule has 0 saturated heterocycles. The number of para-hydroxylation sites is 1. The number of aromatic nitrogens is 1. The van der Waals surface area contributed by atoms with Crippen molar-refractivity contribution in [3.63, 3.8) is 0 Å². The van der Waals surface area contributed by atoms with Gasteiger partial charge < -0.3 is 25.0 Å². The van der Waals surface area contributed by atoms with Gasteiger partial charge in [-0.3, -0.25) is 9.59 Å². The molecular formula is C21H20N2O6. The van der Waals surface area contributed by atoms with Crippen LogP contribution in [0.15, 0.2) is 48.5 Å². The molecule has 3 rings (SSSR count). The fourth-order valence-electron chi connectivity index (χ4n) is 2.76. The van der Waals surface area contributed by atoms with E-state index in [2.05, 4.69) is 10.3 Å². The zero-order chi connectivity index (χ0) is 21.0. The second-order valence-corrected chi connectivity index (χ2v) is 6.34. The standard InChI is InChI=1S/C21H20N2O6/c1-12(21(26)27)22-20(25)18-19(24)15-9-8-14(29-13-6-4-3-5-7-13)10-16(15)17(23-18)11-28-2/h3-10,12,24H,11H2,1-2H3,(H,22,25)(H,26,27)/t12-/m0/s1. The molecule has 0 spiro atoms. The summed E-state index contributed by atoms with van der Waals surface area (Å²) in [5, 5.41) is 22.8. The summed E-state index contributed by atoms with van der Waals surface area (Å²) in [4.78, 5) is 27.6. The minimum Gasteiger partial charge on any atom is -0.505 e. The van der Waals surface area contributed by atoms with E-state index in [1.165, 1.54) is 14.0 Å². The molecule has 3 N–H and O–H groups in total. The summed E-state index contributed by atoms with van der Waals surface area (Å²) in [5.74, 6) is -1.16. The van der Waals surface area contributed by atoms with Crippen LogP contribution in [0.3, 0.4) is 0 Å². The van der Waals surface area contributed by atoms with Gasteiger partial charge in [-0.25, -0.2) is 4.98 Å². The highest BCUT2D eigenvalue weighted by molar-refractivity contribution is 6.03. The van der Waals surface area contributed by atoms with Gasteiger partial charge >= 0.3 is 5.97 Å². The number of fused-ring (bicyclic) bond motifs is 1. The molecule has 0 aliphatic carbocycles. The van der Waals surface area contributed by atoms with Gasteiger partial charge in [0.05, 0.1) is 12.3 Å². The molecule has 0 bridgehead atoms. The van der Waals surface area contributed by atoms with Gasteiger partial charge in [-0.05, 0) is 37.3 Å². The monoisotopic (exact) mass is 396 g/mol. The van der Waals surface area contributed by atoms with E-state index >= 15 is 0 Å². The van der Waals surface area contributed by atoms with Crippen molar-refractivity contribution in [2.75, 3.05) is 7.11 Å². The van der Waals surface area contributed by atoms with Gasteiger partial charge in [0.25, 0.3) is 5.91 Å². The Hall–Kier alpha value is -3.65. The Bertz CT molecular complexity index is 1050. The van der Waals surface area contributed by atoms with Crippen molar-refractivity contribution >= 4 is 22.6 Å². The minimum absolute atomic E-state index is 0.0837. The molecule has 29 heavy (non-hydrogen) atoms. The number of carbonyl (C=O) groups is 2. The highest BCUT2D eigenvalue weighted by Crippen LogP contribution is 2.34. The van der Waals surface area contributed by atoms with Crippen LogP contribution in [0, 0.1) is 0 Å². The Morgan fingerprint density at radius 2 is 1.83 bits per heavy atom. The first-order valence-electron chi connectivity index (χ1n) is 8.81. The maximum absolute atomic E-state index is 12.4. The number of hydrogen-bond donors (Lipinski definition) is 3. The van der Waals surface area contributed by atoms with Crippen LogP contribution < -0.4 is 10.1 Å². The number of aromatic hydroxyl groups is 1. The van der Waals surface area contributed by atoms with Crippen LogP contribution in [-0.4, -0.2) is 40.2 Å². The fourth-order valence-corrected chi connectivity index (χ4v) is 2.76. The third-order valence-corrected chi connectivity index (χ3v) is 4.22. The highest BCUT2D eigenvalue weighted by atomic mass is 16.5. The molecular weight excluding hydrogens is 376 g/mol. The topological polar surface area (TPSA) is 118 Å². The Morgan fingerprint density at radius 3 is 2.48 bits per heavy atom. The third kappa shape index (κ3) is 4.44. The lowest BCUT2D eigenvalue weighted by Crippen LogP contribution is -2.38. The van der Waals surface area contributed by atoms with Crippen molar-refractivity contribution < 1.29 is 29.3 Å². The SMILES string of the molecule is COCc1nc(C(=O)N[C@@H](C)C(=O)O)c(O)c2ccc(Oc3ccccc3)cc12. The van der Waals surface area contributed by atoms with Crippen LogP contribution in [0.4, 0.5) is 0 Å². The molecule has 0 fully saturated rings. The molecule has 150 valence electrons. The number of carboxylic acid groups (broad SMARTS) is 1. The van der Waals surface area contributed by atoms with Crippen molar-refractivity contribution in [3.05, 3.63) is 59.9 Å². The third-order valence-electron chi connectivity index (χ3n) is 4.22. The largest absolute Gasteiger partial charge is 0.505 e. The van der Waals surface area contributed by atoms with E-state index < -0.39 is 17.9 Å². The van der Waals surface area contributed by atoms with Gasteiger partial charge in [-0.1, -0.05) is 18.2 Å². The second-order valence-electron chi connectivity index (χ2n) is 6.34. The quantitative estimate of drug-likeness (QED) is 0.562. The average molecular weight is 396 g/mol. The van der Waals surface area contributed by atoms with Crippen LogP contribution in [0.25, 0.3) is 10.8 Å². The molecule has 1 heterocycles. The van der Waals surface area contributed by atoms with Crippen molar-refractivity contribution in [2.45, 2.75) is 19.6 Å². The first-order chi connectivity index (χ1) is 13.9. The van der Waals surface area contributed by atoms with Gasteiger partial charge in [0, 0.05) is 17.9 Å². The molecule has 0 saturated carbocycles. The number of aliphatic carboxylic acids is 1. The highest BCUT2D eigenvalue weighted by Gasteiger charge is 2.22. The Kier molecular flexibility index (Phi) is 5.94. The molecule has 3 aromatic rings. The molecule has 0 aliphatic heterocycles. The Balaban J connectivity index is 2.03. The molecule has 1 amide bonds. The smallest absolute Gasteiger partial charge is 0.325 e. The summed E-state index contributed by atoms with van der Waals surface area (Å²) < 4.78 is 11.0. The number of rotatable bonds is 7. The van der Waals surface area contributed by atoms with Crippen molar-refractivity contribution in [1.29, 1.82) is 0 Å². The molecule has 1 aromatic heterocycles. The van der Waals surface area contributed by atoms with Crippen LogP contribution in [-0.2, 0) is 16.1 Å². The van der Waals surface area contributed by atoms with Crippen molar-refractivity contribution in [1.82, 2.24) is 10.3 Å². The molecule has 0 aliphatic rings. The normalized spacial score (nSPS) is 11.8. The number of carboxylic acids is 1. The van der Waals surface area contributed by atoms with Gasteiger partial charge in [-0.2, -0.15) is 0 Å². The Morgan fingerprint density at radius 1 is 1.10 bits per heavy atom. The summed E-state index contributed by atoms with van der Waals surface area (Å²) in [5.41, 5.74) is 0.140. The lowest BCUT2D eigenvalue weighted by Gasteiger charge is -2.14. The van der Waals surface area contributed by atoms with Crippen LogP contribution in [0.2, 0.25) is 0 Å².